The summed E-state index contributed by atoms with van der Waals surface area (Å²) in [4.78, 5) is 3.88. The zero-order valence-electron chi connectivity index (χ0n) is 6.77. The van der Waals surface area contributed by atoms with E-state index in [0.717, 1.165) is 0 Å². The molecule has 0 bridgehead atoms. The lowest BCUT2D eigenvalue weighted by atomic mass is 10.3. The van der Waals surface area contributed by atoms with E-state index in [2.05, 4.69) is 10.3 Å². The molecule has 1 N–H and O–H groups in total. The lowest BCUT2D eigenvalue weighted by Crippen LogP contribution is -2.10. The first-order valence-corrected chi connectivity index (χ1v) is 4.66. The van der Waals surface area contributed by atoms with E-state index < -0.39 is 12.6 Å². The molecule has 1 rings (SSSR count). The second kappa shape index (κ2) is 4.45. The van der Waals surface area contributed by atoms with Crippen molar-refractivity contribution in [3.63, 3.8) is 0 Å². The van der Waals surface area contributed by atoms with E-state index in [1.165, 1.54) is 11.3 Å². The molecule has 0 radical (unpaired) electrons. The number of hydrogen-bond donors (Lipinski definition) is 1. The summed E-state index contributed by atoms with van der Waals surface area (Å²) < 4.78 is 35.0. The predicted molar refractivity (Wildman–Crippen MR) is 45.9 cm³/mol. The van der Waals surface area contributed by atoms with Gasteiger partial charge in [0.15, 0.2) is 5.13 Å². The molecule has 0 atom stereocenters. The third kappa shape index (κ3) is 4.72. The highest BCUT2D eigenvalue weighted by Gasteiger charge is 2.25. The fraction of sp³-hybridized carbons (Fsp3) is 0.571. The molecule has 74 valence electrons. The zero-order valence-corrected chi connectivity index (χ0v) is 7.58. The van der Waals surface area contributed by atoms with Gasteiger partial charge < -0.3 is 5.32 Å². The molecule has 2 nitrogen and oxygen atoms in total. The van der Waals surface area contributed by atoms with E-state index in [0.29, 0.717) is 11.7 Å². The lowest BCUT2D eigenvalue weighted by molar-refractivity contribution is -0.134. The Bertz CT molecular complexity index is 232. The Hall–Kier alpha value is -0.780. The molecule has 1 heterocycles. The van der Waals surface area contributed by atoms with Crippen LogP contribution in [-0.2, 0) is 0 Å². The van der Waals surface area contributed by atoms with Crippen LogP contribution in [0, 0.1) is 0 Å². The van der Waals surface area contributed by atoms with E-state index in [1.54, 1.807) is 11.6 Å². The molecule has 0 aliphatic heterocycles. The van der Waals surface area contributed by atoms with Crippen LogP contribution >= 0.6 is 11.3 Å². The van der Waals surface area contributed by atoms with Crippen molar-refractivity contribution >= 4 is 16.5 Å². The van der Waals surface area contributed by atoms with E-state index >= 15 is 0 Å². The van der Waals surface area contributed by atoms with E-state index in [1.807, 2.05) is 0 Å². The molecule has 13 heavy (non-hydrogen) atoms. The molecule has 0 aliphatic carbocycles. The number of alkyl halides is 3. The van der Waals surface area contributed by atoms with Crippen LogP contribution in [0.25, 0.3) is 0 Å². The highest BCUT2D eigenvalue weighted by Crippen LogP contribution is 2.21. The van der Waals surface area contributed by atoms with Gasteiger partial charge in [-0.1, -0.05) is 0 Å². The highest BCUT2D eigenvalue weighted by molar-refractivity contribution is 7.13. The van der Waals surface area contributed by atoms with Gasteiger partial charge in [0.05, 0.1) is 0 Å². The molecule has 0 spiro atoms. The molecule has 1 aromatic heterocycles. The van der Waals surface area contributed by atoms with Crippen molar-refractivity contribution in [3.05, 3.63) is 11.6 Å². The second-order valence-electron chi connectivity index (χ2n) is 2.48. The van der Waals surface area contributed by atoms with Crippen LogP contribution in [0.1, 0.15) is 12.8 Å². The maximum Gasteiger partial charge on any atom is 0.389 e. The number of rotatable bonds is 4. The Kier molecular flexibility index (Phi) is 3.53. The van der Waals surface area contributed by atoms with Crippen LogP contribution in [-0.4, -0.2) is 17.7 Å². The largest absolute Gasteiger partial charge is 0.389 e. The van der Waals surface area contributed by atoms with Crippen molar-refractivity contribution in [2.24, 2.45) is 0 Å². The fourth-order valence-corrected chi connectivity index (χ4v) is 1.35. The fourth-order valence-electron chi connectivity index (χ4n) is 0.795. The van der Waals surface area contributed by atoms with Gasteiger partial charge in [-0.15, -0.1) is 11.3 Å². The number of halogens is 3. The molecule has 0 unspecified atom stereocenters. The van der Waals surface area contributed by atoms with Crippen LogP contribution in [0.5, 0.6) is 0 Å². The van der Waals surface area contributed by atoms with Gasteiger partial charge in [-0.3, -0.25) is 0 Å². The van der Waals surface area contributed by atoms with Crippen LogP contribution < -0.4 is 5.32 Å². The van der Waals surface area contributed by atoms with Crippen molar-refractivity contribution in [1.29, 1.82) is 0 Å². The Morgan fingerprint density at radius 1 is 1.46 bits per heavy atom. The number of anilines is 1. The van der Waals surface area contributed by atoms with Crippen molar-refractivity contribution in [3.8, 4) is 0 Å². The van der Waals surface area contributed by atoms with Crippen molar-refractivity contribution in [2.75, 3.05) is 11.9 Å². The Labute approximate surface area is 77.8 Å². The summed E-state index contributed by atoms with van der Waals surface area (Å²) in [6.45, 7) is 0.313. The molecule has 1 aromatic rings. The summed E-state index contributed by atoms with van der Waals surface area (Å²) in [6.07, 6.45) is -3.10. The summed E-state index contributed by atoms with van der Waals surface area (Å²) in [7, 11) is 0. The standard InChI is InChI=1S/C7H9F3N2S/c8-7(9,10)2-1-3-11-6-12-4-5-13-6/h4-5H,1-3H2,(H,11,12). The van der Waals surface area contributed by atoms with Gasteiger partial charge in [0.2, 0.25) is 0 Å². The van der Waals surface area contributed by atoms with E-state index in [-0.39, 0.29) is 6.42 Å². The Morgan fingerprint density at radius 2 is 2.23 bits per heavy atom. The number of nitrogens with zero attached hydrogens (tertiary/aromatic N) is 1. The zero-order chi connectivity index (χ0) is 9.73. The smallest absolute Gasteiger partial charge is 0.362 e. The molecule has 6 heteroatoms. The quantitative estimate of drug-likeness (QED) is 0.773. The normalized spacial score (nSPS) is 11.6. The summed E-state index contributed by atoms with van der Waals surface area (Å²) >= 11 is 1.38. The summed E-state index contributed by atoms with van der Waals surface area (Å²) in [5.41, 5.74) is 0. The molecule has 0 aliphatic rings. The summed E-state index contributed by atoms with van der Waals surface area (Å²) in [6, 6.07) is 0. The first-order valence-electron chi connectivity index (χ1n) is 3.78. The number of aromatic nitrogens is 1. The molecule has 0 aromatic carbocycles. The first kappa shape index (κ1) is 10.3. The monoisotopic (exact) mass is 210 g/mol. The number of thiazole rings is 1. The average molecular weight is 210 g/mol. The van der Waals surface area contributed by atoms with Crippen molar-refractivity contribution in [2.45, 2.75) is 19.0 Å². The second-order valence-corrected chi connectivity index (χ2v) is 3.38. The molecular weight excluding hydrogens is 201 g/mol. The number of hydrogen-bond acceptors (Lipinski definition) is 3. The maximum absolute atomic E-state index is 11.7. The Morgan fingerprint density at radius 3 is 2.77 bits per heavy atom. The van der Waals surface area contributed by atoms with Gasteiger partial charge >= 0.3 is 6.18 Å². The average Bonchev–Trinajstić information content (AvgIpc) is 2.48. The predicted octanol–water partition coefficient (Wildman–Crippen LogP) is 2.90. The van der Waals surface area contributed by atoms with Crippen LogP contribution in [0.2, 0.25) is 0 Å². The van der Waals surface area contributed by atoms with Crippen LogP contribution in [0.15, 0.2) is 11.6 Å². The highest BCUT2D eigenvalue weighted by atomic mass is 32.1. The topological polar surface area (TPSA) is 24.9 Å². The molecule has 0 saturated heterocycles. The van der Waals surface area contributed by atoms with Crippen molar-refractivity contribution < 1.29 is 13.2 Å². The minimum absolute atomic E-state index is 0.0864. The molecule has 0 saturated carbocycles. The molecular formula is C7H9F3N2S. The van der Waals surface area contributed by atoms with Crippen molar-refractivity contribution in [1.82, 2.24) is 4.98 Å². The first-order chi connectivity index (χ1) is 6.08. The minimum Gasteiger partial charge on any atom is -0.362 e. The van der Waals surface area contributed by atoms with Gasteiger partial charge in [0, 0.05) is 24.5 Å². The van der Waals surface area contributed by atoms with Crippen LogP contribution in [0.4, 0.5) is 18.3 Å². The third-order valence-electron chi connectivity index (χ3n) is 1.35. The molecule has 0 fully saturated rings. The number of nitrogens with one attached hydrogen (secondary N) is 1. The lowest BCUT2D eigenvalue weighted by Gasteiger charge is -2.05. The van der Waals surface area contributed by atoms with Gasteiger partial charge in [0.1, 0.15) is 0 Å². The summed E-state index contributed by atoms with van der Waals surface area (Å²) in [5.74, 6) is 0. The van der Waals surface area contributed by atoms with E-state index in [9.17, 15) is 13.2 Å². The van der Waals surface area contributed by atoms with E-state index in [4.69, 9.17) is 0 Å². The van der Waals surface area contributed by atoms with Gasteiger partial charge in [-0.05, 0) is 6.42 Å². The summed E-state index contributed by atoms with van der Waals surface area (Å²) in [5, 5.41) is 5.24. The minimum atomic E-state index is -4.05. The third-order valence-corrected chi connectivity index (χ3v) is 2.08. The molecule has 0 amide bonds. The van der Waals surface area contributed by atoms with Gasteiger partial charge in [0.25, 0.3) is 0 Å². The van der Waals surface area contributed by atoms with Crippen LogP contribution in [0.3, 0.4) is 0 Å². The van der Waals surface area contributed by atoms with Gasteiger partial charge in [-0.2, -0.15) is 13.2 Å². The Balaban J connectivity index is 2.09. The van der Waals surface area contributed by atoms with Gasteiger partial charge in [-0.25, -0.2) is 4.98 Å². The maximum atomic E-state index is 11.7. The SMILES string of the molecule is FC(F)(F)CCCNc1nccs1.